The van der Waals surface area contributed by atoms with Crippen LogP contribution in [0.2, 0.25) is 0 Å². The van der Waals surface area contributed by atoms with E-state index in [4.69, 9.17) is 4.74 Å². The number of carbonyl (C=O) groups is 2. The van der Waals surface area contributed by atoms with Crippen LogP contribution < -0.4 is 5.32 Å². The highest BCUT2D eigenvalue weighted by Gasteiger charge is 2.43. The van der Waals surface area contributed by atoms with E-state index < -0.39 is 0 Å². The Bertz CT molecular complexity index is 841. The number of rotatable bonds is 4. The third kappa shape index (κ3) is 4.03. The van der Waals surface area contributed by atoms with Crippen LogP contribution >= 0.6 is 11.3 Å². The van der Waals surface area contributed by atoms with Gasteiger partial charge < -0.3 is 10.1 Å². The second-order valence-electron chi connectivity index (χ2n) is 8.87. The van der Waals surface area contributed by atoms with Crippen molar-refractivity contribution in [1.29, 1.82) is 0 Å². The molecule has 0 fully saturated rings. The lowest BCUT2D eigenvalue weighted by atomic mass is 9.70. The smallest absolute Gasteiger partial charge is 0.336 e. The van der Waals surface area contributed by atoms with Crippen molar-refractivity contribution in [1.82, 2.24) is 5.32 Å². The molecule has 0 bridgehead atoms. The largest absolute Gasteiger partial charge is 0.462 e. The van der Waals surface area contributed by atoms with Gasteiger partial charge in [0.1, 0.15) is 0 Å². The van der Waals surface area contributed by atoms with Crippen LogP contribution in [0.25, 0.3) is 0 Å². The van der Waals surface area contributed by atoms with Crippen molar-refractivity contribution in [2.24, 2.45) is 11.3 Å². The highest BCUT2D eigenvalue weighted by molar-refractivity contribution is 7.12. The third-order valence-corrected chi connectivity index (χ3v) is 6.12. The molecule has 27 heavy (non-hydrogen) atoms. The molecule has 1 aromatic heterocycles. The average Bonchev–Trinajstić information content (AvgIpc) is 2.96. The number of dihydropyridines is 1. The molecule has 0 amide bonds. The first-order valence-electron chi connectivity index (χ1n) is 9.56. The molecule has 4 nitrogen and oxygen atoms in total. The van der Waals surface area contributed by atoms with Crippen molar-refractivity contribution in [2.75, 3.05) is 6.61 Å². The zero-order valence-corrected chi connectivity index (χ0v) is 17.9. The number of ketones is 1. The van der Waals surface area contributed by atoms with Crippen LogP contribution in [0.4, 0.5) is 0 Å². The lowest BCUT2D eigenvalue weighted by molar-refractivity contribution is -0.140. The van der Waals surface area contributed by atoms with Crippen LogP contribution in [-0.2, 0) is 14.3 Å². The van der Waals surface area contributed by atoms with Crippen LogP contribution in [0.3, 0.4) is 0 Å². The van der Waals surface area contributed by atoms with E-state index in [2.05, 4.69) is 19.2 Å². The Labute approximate surface area is 165 Å². The summed E-state index contributed by atoms with van der Waals surface area (Å²) in [6, 6.07) is 4.09. The third-order valence-electron chi connectivity index (χ3n) is 5.05. The van der Waals surface area contributed by atoms with Gasteiger partial charge in [0.25, 0.3) is 0 Å². The van der Waals surface area contributed by atoms with Gasteiger partial charge in [-0.05, 0) is 43.7 Å². The molecule has 1 aromatic rings. The van der Waals surface area contributed by atoms with Crippen molar-refractivity contribution in [2.45, 2.75) is 60.3 Å². The van der Waals surface area contributed by atoms with E-state index in [9.17, 15) is 9.59 Å². The van der Waals surface area contributed by atoms with Gasteiger partial charge in [0, 0.05) is 33.1 Å². The summed E-state index contributed by atoms with van der Waals surface area (Å²) in [6.07, 6.45) is 1.31. The molecule has 1 aliphatic heterocycles. The monoisotopic (exact) mass is 387 g/mol. The fourth-order valence-corrected chi connectivity index (χ4v) is 4.92. The Morgan fingerprint density at radius 1 is 1.30 bits per heavy atom. The van der Waals surface area contributed by atoms with Crippen molar-refractivity contribution >= 4 is 23.1 Å². The lowest BCUT2D eigenvalue weighted by Gasteiger charge is -2.39. The van der Waals surface area contributed by atoms with Crippen LogP contribution in [-0.4, -0.2) is 18.4 Å². The van der Waals surface area contributed by atoms with E-state index in [1.807, 2.05) is 39.8 Å². The molecule has 0 saturated carbocycles. The minimum Gasteiger partial charge on any atom is -0.462 e. The minimum atomic E-state index is -0.330. The second-order valence-corrected chi connectivity index (χ2v) is 10.2. The molecule has 2 aliphatic rings. The number of carbonyl (C=O) groups excluding carboxylic acids is 2. The van der Waals surface area contributed by atoms with Crippen LogP contribution in [0, 0.1) is 18.3 Å². The predicted molar refractivity (Wildman–Crippen MR) is 108 cm³/mol. The van der Waals surface area contributed by atoms with Gasteiger partial charge in [-0.2, -0.15) is 0 Å². The Morgan fingerprint density at radius 3 is 2.59 bits per heavy atom. The van der Waals surface area contributed by atoms with Crippen LogP contribution in [0.15, 0.2) is 34.7 Å². The zero-order chi connectivity index (χ0) is 19.9. The molecule has 0 unspecified atom stereocenters. The Kier molecular flexibility index (Phi) is 5.35. The SMILES string of the molecule is CC1=C(C(=O)OCC(C)C)[C@H](c2ccc(C)s2)C2=C(CC(C)(C)CC2=O)N1. The van der Waals surface area contributed by atoms with Gasteiger partial charge in [-0.3, -0.25) is 4.79 Å². The second kappa shape index (κ2) is 7.27. The summed E-state index contributed by atoms with van der Waals surface area (Å²) < 4.78 is 5.56. The van der Waals surface area contributed by atoms with Crippen LogP contribution in [0.5, 0.6) is 0 Å². The highest BCUT2D eigenvalue weighted by atomic mass is 32.1. The molecule has 1 atom stereocenters. The number of hydrogen-bond acceptors (Lipinski definition) is 5. The fourth-order valence-electron chi connectivity index (χ4n) is 3.92. The summed E-state index contributed by atoms with van der Waals surface area (Å²) >= 11 is 1.64. The Balaban J connectivity index is 2.08. The summed E-state index contributed by atoms with van der Waals surface area (Å²) in [4.78, 5) is 28.3. The number of hydrogen-bond donors (Lipinski definition) is 1. The van der Waals surface area contributed by atoms with E-state index in [-0.39, 0.29) is 29.0 Å². The summed E-state index contributed by atoms with van der Waals surface area (Å²) in [5, 5.41) is 3.37. The lowest BCUT2D eigenvalue weighted by Crippen LogP contribution is -2.38. The van der Waals surface area contributed by atoms with Crippen molar-refractivity contribution < 1.29 is 14.3 Å². The first-order chi connectivity index (χ1) is 12.6. The first-order valence-corrected chi connectivity index (χ1v) is 10.4. The summed E-state index contributed by atoms with van der Waals surface area (Å²) in [7, 11) is 0. The number of Topliss-reactive ketones (excluding diaryl/α,β-unsaturated/α-hetero) is 1. The molecule has 146 valence electrons. The number of allylic oxidation sites excluding steroid dienone is 3. The number of ether oxygens (including phenoxy) is 1. The van der Waals surface area contributed by atoms with E-state index in [1.54, 1.807) is 11.3 Å². The molecule has 5 heteroatoms. The Hall–Kier alpha value is -1.88. The standard InChI is InChI=1S/C22H29NO3S/c1-12(2)11-26-21(25)18-14(4)23-15-9-22(5,6)10-16(24)19(15)20(18)17-8-7-13(3)27-17/h7-8,12,20,23H,9-11H2,1-6H3/t20-/m0/s1. The number of nitrogens with one attached hydrogen (secondary N) is 1. The molecule has 0 radical (unpaired) electrons. The molecule has 0 spiro atoms. The maximum atomic E-state index is 13.1. The molecular formula is C22H29NO3S. The molecule has 0 aromatic carbocycles. The van der Waals surface area contributed by atoms with Gasteiger partial charge in [0.2, 0.25) is 0 Å². The number of thiophene rings is 1. The van der Waals surface area contributed by atoms with E-state index in [0.29, 0.717) is 18.6 Å². The van der Waals surface area contributed by atoms with Gasteiger partial charge in [-0.15, -0.1) is 11.3 Å². The molecule has 1 aliphatic carbocycles. The fraction of sp³-hybridized carbons (Fsp3) is 0.545. The predicted octanol–water partition coefficient (Wildman–Crippen LogP) is 4.86. The maximum absolute atomic E-state index is 13.1. The average molecular weight is 388 g/mol. The van der Waals surface area contributed by atoms with E-state index in [0.717, 1.165) is 28.3 Å². The summed E-state index contributed by atoms with van der Waals surface area (Å²) in [5.74, 6) is -0.260. The van der Waals surface area contributed by atoms with Gasteiger partial charge in [-0.25, -0.2) is 4.79 Å². The highest BCUT2D eigenvalue weighted by Crippen LogP contribution is 2.48. The van der Waals surface area contributed by atoms with Gasteiger partial charge >= 0.3 is 5.97 Å². The van der Waals surface area contributed by atoms with Crippen LogP contribution in [0.1, 0.15) is 63.1 Å². The molecular weight excluding hydrogens is 358 g/mol. The summed E-state index contributed by atoms with van der Waals surface area (Å²) in [5.41, 5.74) is 3.01. The first kappa shape index (κ1) is 19.9. The van der Waals surface area contributed by atoms with Crippen molar-refractivity contribution in [3.8, 4) is 0 Å². The maximum Gasteiger partial charge on any atom is 0.336 e. The minimum absolute atomic E-state index is 0.0746. The topological polar surface area (TPSA) is 55.4 Å². The zero-order valence-electron chi connectivity index (χ0n) is 17.1. The van der Waals surface area contributed by atoms with Crippen molar-refractivity contribution in [3.05, 3.63) is 44.4 Å². The van der Waals surface area contributed by atoms with Gasteiger partial charge in [0.15, 0.2) is 5.78 Å². The number of aryl methyl sites for hydroxylation is 1. The molecule has 0 saturated heterocycles. The molecule has 2 heterocycles. The van der Waals surface area contributed by atoms with Crippen molar-refractivity contribution in [3.63, 3.8) is 0 Å². The number of esters is 1. The Morgan fingerprint density at radius 2 is 2.00 bits per heavy atom. The quantitative estimate of drug-likeness (QED) is 0.750. The molecule has 1 N–H and O–H groups in total. The van der Waals surface area contributed by atoms with Gasteiger partial charge in [0.05, 0.1) is 18.1 Å². The molecule has 3 rings (SSSR count). The normalized spacial score (nSPS) is 22.0. The van der Waals surface area contributed by atoms with Gasteiger partial charge in [-0.1, -0.05) is 27.7 Å². The van der Waals surface area contributed by atoms with E-state index >= 15 is 0 Å². The van der Waals surface area contributed by atoms with E-state index in [1.165, 1.54) is 4.88 Å². The summed E-state index contributed by atoms with van der Waals surface area (Å²) in [6.45, 7) is 12.6.